The molecule has 1 aromatic rings. The Balaban J connectivity index is 2.61. The maximum absolute atomic E-state index is 13.4. The van der Waals surface area contributed by atoms with Crippen molar-refractivity contribution < 1.29 is 24.2 Å². The largest absolute Gasteiger partial charge is 0.508 e. The third-order valence-corrected chi connectivity index (χ3v) is 2.79. The van der Waals surface area contributed by atoms with Gasteiger partial charge in [-0.3, -0.25) is 9.59 Å². The van der Waals surface area contributed by atoms with Crippen LogP contribution in [0.4, 0.5) is 4.39 Å². The molecule has 1 amide bonds. The van der Waals surface area contributed by atoms with Gasteiger partial charge < -0.3 is 15.5 Å². The zero-order chi connectivity index (χ0) is 14.4. The lowest BCUT2D eigenvalue weighted by Gasteiger charge is -2.13. The van der Waals surface area contributed by atoms with Crippen LogP contribution in [0.3, 0.4) is 0 Å². The molecule has 0 spiro atoms. The van der Waals surface area contributed by atoms with E-state index in [-0.39, 0.29) is 30.2 Å². The van der Waals surface area contributed by atoms with Crippen molar-refractivity contribution >= 4 is 11.9 Å². The lowest BCUT2D eigenvalue weighted by atomic mass is 10.0. The molecule has 0 bridgehead atoms. The van der Waals surface area contributed by atoms with Gasteiger partial charge in [0.2, 0.25) is 0 Å². The quantitative estimate of drug-likeness (QED) is 0.734. The van der Waals surface area contributed by atoms with Gasteiger partial charge in [0.25, 0.3) is 5.91 Å². The molecule has 104 valence electrons. The molecular weight excluding hydrogens is 253 g/mol. The number of carbonyl (C=O) groups excluding carboxylic acids is 1. The first-order valence-corrected chi connectivity index (χ1v) is 5.92. The average molecular weight is 269 g/mol. The van der Waals surface area contributed by atoms with E-state index in [9.17, 15) is 14.0 Å². The number of phenols is 1. The Morgan fingerprint density at radius 2 is 2.11 bits per heavy atom. The van der Waals surface area contributed by atoms with Gasteiger partial charge in [-0.25, -0.2) is 4.39 Å². The monoisotopic (exact) mass is 269 g/mol. The van der Waals surface area contributed by atoms with Crippen molar-refractivity contribution in [1.82, 2.24) is 5.32 Å². The normalized spacial score (nSPS) is 11.9. The number of aromatic hydroxyl groups is 1. The van der Waals surface area contributed by atoms with Gasteiger partial charge >= 0.3 is 5.97 Å². The second kappa shape index (κ2) is 6.72. The molecule has 0 heterocycles. The number of carboxylic acids is 1. The summed E-state index contributed by atoms with van der Waals surface area (Å²) < 4.78 is 13.4. The molecule has 0 fully saturated rings. The summed E-state index contributed by atoms with van der Waals surface area (Å²) in [6.07, 6.45) is 0.555. The summed E-state index contributed by atoms with van der Waals surface area (Å²) in [6.45, 7) is 1.99. The number of carbonyl (C=O) groups is 2. The SMILES string of the molecule is CCC(CNC(=O)c1ccc(O)cc1F)CC(=O)O. The number of hydrogen-bond acceptors (Lipinski definition) is 3. The predicted octanol–water partition coefficient (Wildman–Crippen LogP) is 1.76. The minimum Gasteiger partial charge on any atom is -0.508 e. The summed E-state index contributed by atoms with van der Waals surface area (Å²) in [5.41, 5.74) is -0.178. The fraction of sp³-hybridized carbons (Fsp3) is 0.385. The standard InChI is InChI=1S/C13H16FNO4/c1-2-8(5-12(17)18)7-15-13(19)10-4-3-9(16)6-11(10)14/h3-4,6,8,16H,2,5,7H2,1H3,(H,15,19)(H,17,18). The van der Waals surface area contributed by atoms with Crippen LogP contribution in [0.15, 0.2) is 18.2 Å². The van der Waals surface area contributed by atoms with Crippen LogP contribution in [0.25, 0.3) is 0 Å². The lowest BCUT2D eigenvalue weighted by Crippen LogP contribution is -2.30. The molecule has 1 aromatic carbocycles. The van der Waals surface area contributed by atoms with Crippen LogP contribution in [-0.4, -0.2) is 28.6 Å². The third kappa shape index (κ3) is 4.57. The van der Waals surface area contributed by atoms with E-state index in [1.54, 1.807) is 0 Å². The molecule has 3 N–H and O–H groups in total. The van der Waals surface area contributed by atoms with Crippen molar-refractivity contribution in [2.45, 2.75) is 19.8 Å². The molecule has 1 rings (SSSR count). The Morgan fingerprint density at radius 1 is 1.42 bits per heavy atom. The smallest absolute Gasteiger partial charge is 0.303 e. The van der Waals surface area contributed by atoms with Crippen molar-refractivity contribution in [3.05, 3.63) is 29.6 Å². The van der Waals surface area contributed by atoms with E-state index in [2.05, 4.69) is 5.32 Å². The third-order valence-electron chi connectivity index (χ3n) is 2.79. The van der Waals surface area contributed by atoms with Crippen LogP contribution in [0, 0.1) is 11.7 Å². The molecule has 0 aliphatic rings. The van der Waals surface area contributed by atoms with Gasteiger partial charge in [-0.05, 0) is 18.1 Å². The molecule has 1 unspecified atom stereocenters. The number of carboxylic acid groups (broad SMARTS) is 1. The fourth-order valence-corrected chi connectivity index (χ4v) is 1.63. The van der Waals surface area contributed by atoms with Crippen LogP contribution in [0.2, 0.25) is 0 Å². The number of amides is 1. The molecule has 0 saturated heterocycles. The van der Waals surface area contributed by atoms with Gasteiger partial charge in [0.15, 0.2) is 0 Å². The van der Waals surface area contributed by atoms with E-state index >= 15 is 0 Å². The summed E-state index contributed by atoms with van der Waals surface area (Å²) in [5.74, 6) is -2.82. The molecule has 0 radical (unpaired) electrons. The number of halogens is 1. The van der Waals surface area contributed by atoms with Gasteiger partial charge in [-0.1, -0.05) is 13.3 Å². The van der Waals surface area contributed by atoms with Crippen LogP contribution in [0.5, 0.6) is 5.75 Å². The Kier molecular flexibility index (Phi) is 5.29. The molecule has 1 atom stereocenters. The van der Waals surface area contributed by atoms with E-state index < -0.39 is 17.7 Å². The predicted molar refractivity (Wildman–Crippen MR) is 66.4 cm³/mol. The molecule has 6 heteroatoms. The molecule has 19 heavy (non-hydrogen) atoms. The van der Waals surface area contributed by atoms with E-state index in [1.165, 1.54) is 12.1 Å². The Morgan fingerprint density at radius 3 is 2.63 bits per heavy atom. The van der Waals surface area contributed by atoms with Gasteiger partial charge in [0.1, 0.15) is 11.6 Å². The summed E-state index contributed by atoms with van der Waals surface area (Å²) in [6, 6.07) is 3.24. The maximum atomic E-state index is 13.4. The number of hydrogen-bond donors (Lipinski definition) is 3. The summed E-state index contributed by atoms with van der Waals surface area (Å²) in [4.78, 5) is 22.3. The molecular formula is C13H16FNO4. The van der Waals surface area contributed by atoms with Gasteiger partial charge in [-0.2, -0.15) is 0 Å². The molecule has 0 saturated carbocycles. The molecule has 0 aliphatic carbocycles. The van der Waals surface area contributed by atoms with E-state index in [0.717, 1.165) is 6.07 Å². The van der Waals surface area contributed by atoms with Crippen molar-refractivity contribution in [3.63, 3.8) is 0 Å². The minimum absolute atomic E-state index is 0.0468. The summed E-state index contributed by atoms with van der Waals surface area (Å²) >= 11 is 0. The maximum Gasteiger partial charge on any atom is 0.303 e. The van der Waals surface area contributed by atoms with Crippen LogP contribution >= 0.6 is 0 Å². The lowest BCUT2D eigenvalue weighted by molar-refractivity contribution is -0.138. The second-order valence-electron chi connectivity index (χ2n) is 4.25. The molecule has 0 aliphatic heterocycles. The zero-order valence-corrected chi connectivity index (χ0v) is 10.5. The Hall–Kier alpha value is -2.11. The molecule has 5 nitrogen and oxygen atoms in total. The average Bonchev–Trinajstić information content (AvgIpc) is 2.33. The highest BCUT2D eigenvalue weighted by molar-refractivity contribution is 5.94. The number of nitrogens with one attached hydrogen (secondary N) is 1. The Labute approximate surface area is 110 Å². The van der Waals surface area contributed by atoms with Crippen LogP contribution in [-0.2, 0) is 4.79 Å². The van der Waals surface area contributed by atoms with E-state index in [4.69, 9.17) is 10.2 Å². The number of benzene rings is 1. The summed E-state index contributed by atoms with van der Waals surface area (Å²) in [5, 5.41) is 20.2. The zero-order valence-electron chi connectivity index (χ0n) is 10.5. The highest BCUT2D eigenvalue weighted by Crippen LogP contribution is 2.15. The molecule has 0 aromatic heterocycles. The number of phenolic OH excluding ortho intramolecular Hbond substituents is 1. The van der Waals surface area contributed by atoms with Crippen molar-refractivity contribution in [3.8, 4) is 5.75 Å². The first-order valence-electron chi connectivity index (χ1n) is 5.92. The summed E-state index contributed by atoms with van der Waals surface area (Å²) in [7, 11) is 0. The minimum atomic E-state index is -0.933. The Bertz CT molecular complexity index is 476. The topological polar surface area (TPSA) is 86.6 Å². The first-order chi connectivity index (χ1) is 8.93. The number of aliphatic carboxylic acids is 1. The highest BCUT2D eigenvalue weighted by Gasteiger charge is 2.15. The second-order valence-corrected chi connectivity index (χ2v) is 4.25. The van der Waals surface area contributed by atoms with Crippen molar-refractivity contribution in [2.75, 3.05) is 6.54 Å². The number of rotatable bonds is 6. The highest BCUT2D eigenvalue weighted by atomic mass is 19.1. The van der Waals surface area contributed by atoms with Crippen molar-refractivity contribution in [1.29, 1.82) is 0 Å². The van der Waals surface area contributed by atoms with Gasteiger partial charge in [0, 0.05) is 19.0 Å². The fourth-order valence-electron chi connectivity index (χ4n) is 1.63. The van der Waals surface area contributed by atoms with Gasteiger partial charge in [-0.15, -0.1) is 0 Å². The first kappa shape index (κ1) is 14.9. The van der Waals surface area contributed by atoms with Gasteiger partial charge in [0.05, 0.1) is 5.56 Å². The van der Waals surface area contributed by atoms with Crippen LogP contribution < -0.4 is 5.32 Å². The van der Waals surface area contributed by atoms with Crippen molar-refractivity contribution in [2.24, 2.45) is 5.92 Å². The van der Waals surface area contributed by atoms with E-state index in [1.807, 2.05) is 6.92 Å². The van der Waals surface area contributed by atoms with E-state index in [0.29, 0.717) is 6.42 Å². The van der Waals surface area contributed by atoms with Crippen LogP contribution in [0.1, 0.15) is 30.1 Å².